The summed E-state index contributed by atoms with van der Waals surface area (Å²) >= 11 is 5.94. The lowest BCUT2D eigenvalue weighted by Crippen LogP contribution is -2.17. The number of carbonyl (C=O) groups is 2. The van der Waals surface area contributed by atoms with Gasteiger partial charge in [-0.15, -0.1) is 0 Å². The molecule has 24 heavy (non-hydrogen) atoms. The van der Waals surface area contributed by atoms with E-state index in [9.17, 15) is 9.59 Å². The Labute approximate surface area is 146 Å². The van der Waals surface area contributed by atoms with Crippen LogP contribution in [0.15, 0.2) is 42.5 Å². The molecule has 0 saturated heterocycles. The van der Waals surface area contributed by atoms with Crippen LogP contribution in [0.3, 0.4) is 0 Å². The summed E-state index contributed by atoms with van der Waals surface area (Å²) in [7, 11) is 1.33. The fourth-order valence-corrected chi connectivity index (χ4v) is 2.35. The lowest BCUT2D eigenvalue weighted by atomic mass is 10.1. The third-order valence-corrected chi connectivity index (χ3v) is 3.71. The second-order valence-electron chi connectivity index (χ2n) is 5.22. The smallest absolute Gasteiger partial charge is 0.339 e. The Hall–Kier alpha value is -2.53. The first kappa shape index (κ1) is 17.8. The van der Waals surface area contributed by atoms with Crippen molar-refractivity contribution in [3.05, 3.63) is 58.6 Å². The monoisotopic (exact) mass is 346 g/mol. The van der Waals surface area contributed by atoms with E-state index < -0.39 is 5.97 Å². The van der Waals surface area contributed by atoms with Crippen LogP contribution in [0.2, 0.25) is 5.02 Å². The number of rotatable bonds is 6. The molecule has 0 saturated carbocycles. The van der Waals surface area contributed by atoms with Gasteiger partial charge in [0.15, 0.2) is 0 Å². The van der Waals surface area contributed by atoms with E-state index in [2.05, 4.69) is 10.6 Å². The van der Waals surface area contributed by atoms with Crippen LogP contribution in [0.1, 0.15) is 22.3 Å². The highest BCUT2D eigenvalue weighted by Crippen LogP contribution is 2.20. The highest BCUT2D eigenvalue weighted by atomic mass is 35.5. The molecule has 5 nitrogen and oxygen atoms in total. The van der Waals surface area contributed by atoms with Gasteiger partial charge in [0.25, 0.3) is 0 Å². The van der Waals surface area contributed by atoms with Gasteiger partial charge < -0.3 is 15.4 Å². The maximum atomic E-state index is 12.1. The maximum Gasteiger partial charge on any atom is 0.339 e. The van der Waals surface area contributed by atoms with Gasteiger partial charge in [0.1, 0.15) is 0 Å². The molecule has 126 valence electrons. The number of methoxy groups -OCH3 is 1. The topological polar surface area (TPSA) is 67.4 Å². The predicted octanol–water partition coefficient (Wildman–Crippen LogP) is 3.88. The van der Waals surface area contributed by atoms with Crippen LogP contribution in [0.4, 0.5) is 11.4 Å². The molecule has 2 rings (SSSR count). The molecule has 0 unspecified atom stereocenters. The molecule has 0 bridgehead atoms. The minimum atomic E-state index is -0.419. The van der Waals surface area contributed by atoms with Crippen molar-refractivity contribution in [1.29, 1.82) is 0 Å². The molecule has 1 amide bonds. The van der Waals surface area contributed by atoms with E-state index in [0.29, 0.717) is 28.5 Å². The number of hydrogen-bond donors (Lipinski definition) is 2. The molecule has 0 spiro atoms. The number of esters is 1. The average Bonchev–Trinajstić information content (AvgIpc) is 2.58. The molecule has 0 aliphatic rings. The molecule has 0 fully saturated rings. The molecular weight excluding hydrogens is 328 g/mol. The third kappa shape index (κ3) is 4.73. The summed E-state index contributed by atoms with van der Waals surface area (Å²) in [6, 6.07) is 12.3. The van der Waals surface area contributed by atoms with Crippen molar-refractivity contribution in [2.45, 2.75) is 13.3 Å². The van der Waals surface area contributed by atoms with Crippen molar-refractivity contribution >= 4 is 34.9 Å². The number of anilines is 2. The Balaban J connectivity index is 1.91. The summed E-state index contributed by atoms with van der Waals surface area (Å²) in [5.41, 5.74) is 2.71. The van der Waals surface area contributed by atoms with Gasteiger partial charge in [0.05, 0.1) is 12.7 Å². The van der Waals surface area contributed by atoms with Gasteiger partial charge in [-0.05, 0) is 36.8 Å². The first-order chi connectivity index (χ1) is 11.5. The van der Waals surface area contributed by atoms with E-state index in [1.165, 1.54) is 7.11 Å². The van der Waals surface area contributed by atoms with E-state index in [0.717, 1.165) is 5.56 Å². The molecule has 2 aromatic rings. The standard InChI is InChI=1S/C18H19ClN2O3/c1-12-7-8-13(19)11-16(12)21-17(22)9-10-20-15-6-4-3-5-14(15)18(23)24-2/h3-8,11,20H,9-10H2,1-2H3,(H,21,22). The van der Waals surface area contributed by atoms with Crippen molar-refractivity contribution in [3.8, 4) is 0 Å². The first-order valence-electron chi connectivity index (χ1n) is 7.48. The van der Waals surface area contributed by atoms with E-state index in [-0.39, 0.29) is 12.3 Å². The Morgan fingerprint density at radius 2 is 1.88 bits per heavy atom. The number of nitrogens with one attached hydrogen (secondary N) is 2. The predicted molar refractivity (Wildman–Crippen MR) is 95.7 cm³/mol. The molecule has 0 aliphatic carbocycles. The van der Waals surface area contributed by atoms with E-state index >= 15 is 0 Å². The second kappa shape index (κ2) is 8.36. The zero-order valence-corrected chi connectivity index (χ0v) is 14.3. The van der Waals surface area contributed by atoms with Crippen LogP contribution in [0.5, 0.6) is 0 Å². The molecule has 0 radical (unpaired) electrons. The highest BCUT2D eigenvalue weighted by molar-refractivity contribution is 6.31. The summed E-state index contributed by atoms with van der Waals surface area (Å²) in [4.78, 5) is 23.7. The summed E-state index contributed by atoms with van der Waals surface area (Å²) in [6.45, 7) is 2.29. The van der Waals surface area contributed by atoms with Gasteiger partial charge in [0.2, 0.25) is 5.91 Å². The first-order valence-corrected chi connectivity index (χ1v) is 7.86. The minimum absolute atomic E-state index is 0.136. The van der Waals surface area contributed by atoms with E-state index in [1.807, 2.05) is 19.1 Å². The number of benzene rings is 2. The van der Waals surface area contributed by atoms with Crippen LogP contribution >= 0.6 is 11.6 Å². The lowest BCUT2D eigenvalue weighted by molar-refractivity contribution is -0.115. The number of amides is 1. The Bertz CT molecular complexity index is 747. The van der Waals surface area contributed by atoms with Gasteiger partial charge in [-0.3, -0.25) is 4.79 Å². The number of para-hydroxylation sites is 1. The van der Waals surface area contributed by atoms with Crippen LogP contribution in [-0.4, -0.2) is 25.5 Å². The van der Waals surface area contributed by atoms with Crippen LogP contribution in [0, 0.1) is 6.92 Å². The molecule has 6 heteroatoms. The molecule has 0 aliphatic heterocycles. The van der Waals surface area contributed by atoms with Crippen LogP contribution < -0.4 is 10.6 Å². The molecule has 0 heterocycles. The largest absolute Gasteiger partial charge is 0.465 e. The summed E-state index contributed by atoms with van der Waals surface area (Å²) in [5.74, 6) is -0.555. The fourth-order valence-electron chi connectivity index (χ4n) is 2.18. The van der Waals surface area contributed by atoms with Crippen molar-refractivity contribution in [2.24, 2.45) is 0 Å². The Morgan fingerprint density at radius 1 is 1.12 bits per heavy atom. The summed E-state index contributed by atoms with van der Waals surface area (Å²) < 4.78 is 4.74. The number of halogens is 1. The van der Waals surface area contributed by atoms with Gasteiger partial charge in [-0.25, -0.2) is 4.79 Å². The lowest BCUT2D eigenvalue weighted by Gasteiger charge is -2.11. The molecule has 0 aromatic heterocycles. The number of aryl methyl sites for hydroxylation is 1. The Kier molecular flexibility index (Phi) is 6.21. The van der Waals surface area contributed by atoms with Crippen molar-refractivity contribution in [2.75, 3.05) is 24.3 Å². The van der Waals surface area contributed by atoms with Crippen molar-refractivity contribution in [3.63, 3.8) is 0 Å². The van der Waals surface area contributed by atoms with Gasteiger partial charge in [-0.1, -0.05) is 29.8 Å². The number of carbonyl (C=O) groups excluding carboxylic acids is 2. The Morgan fingerprint density at radius 3 is 2.62 bits per heavy atom. The normalized spacial score (nSPS) is 10.1. The highest BCUT2D eigenvalue weighted by Gasteiger charge is 2.11. The number of ether oxygens (including phenoxy) is 1. The maximum absolute atomic E-state index is 12.1. The quantitative estimate of drug-likeness (QED) is 0.779. The summed E-state index contributed by atoms with van der Waals surface area (Å²) in [6.07, 6.45) is 0.251. The van der Waals surface area contributed by atoms with Gasteiger partial charge in [0, 0.05) is 29.4 Å². The molecule has 2 aromatic carbocycles. The molecule has 2 N–H and O–H groups in total. The van der Waals surface area contributed by atoms with Gasteiger partial charge in [-0.2, -0.15) is 0 Å². The zero-order chi connectivity index (χ0) is 17.5. The average molecular weight is 347 g/mol. The third-order valence-electron chi connectivity index (χ3n) is 3.47. The van der Waals surface area contributed by atoms with Gasteiger partial charge >= 0.3 is 5.97 Å². The van der Waals surface area contributed by atoms with Crippen LogP contribution in [-0.2, 0) is 9.53 Å². The number of hydrogen-bond acceptors (Lipinski definition) is 4. The molecular formula is C18H19ClN2O3. The van der Waals surface area contributed by atoms with Crippen molar-refractivity contribution in [1.82, 2.24) is 0 Å². The fraction of sp³-hybridized carbons (Fsp3) is 0.222. The van der Waals surface area contributed by atoms with E-state index in [1.54, 1.807) is 30.3 Å². The SMILES string of the molecule is COC(=O)c1ccccc1NCCC(=O)Nc1cc(Cl)ccc1C. The second-order valence-corrected chi connectivity index (χ2v) is 5.66. The summed E-state index contributed by atoms with van der Waals surface area (Å²) in [5, 5.41) is 6.48. The minimum Gasteiger partial charge on any atom is -0.465 e. The molecule has 0 atom stereocenters. The van der Waals surface area contributed by atoms with E-state index in [4.69, 9.17) is 16.3 Å². The zero-order valence-electron chi connectivity index (χ0n) is 13.6. The van der Waals surface area contributed by atoms with Crippen LogP contribution in [0.25, 0.3) is 0 Å². The van der Waals surface area contributed by atoms with Crippen molar-refractivity contribution < 1.29 is 14.3 Å².